The van der Waals surface area contributed by atoms with E-state index in [2.05, 4.69) is 10.8 Å². The van der Waals surface area contributed by atoms with Crippen LogP contribution in [0.15, 0.2) is 42.5 Å². The number of nitrogens with zero attached hydrogens (tertiary/aromatic N) is 2. The molecule has 0 radical (unpaired) electrons. The zero-order valence-electron chi connectivity index (χ0n) is 15.6. The Morgan fingerprint density at radius 2 is 1.96 bits per heavy atom. The van der Waals surface area contributed by atoms with Gasteiger partial charge in [0, 0.05) is 12.2 Å². The number of fused-ring (bicyclic) bond motifs is 1. The molecule has 2 aromatic rings. The van der Waals surface area contributed by atoms with Crippen molar-refractivity contribution in [1.29, 1.82) is 5.26 Å². The van der Waals surface area contributed by atoms with Gasteiger partial charge in [0.05, 0.1) is 24.3 Å². The van der Waals surface area contributed by atoms with Gasteiger partial charge in [0.1, 0.15) is 12.4 Å². The second-order valence-electron chi connectivity index (χ2n) is 6.70. The molecule has 7 nitrogen and oxygen atoms in total. The average molecular weight is 380 g/mol. The van der Waals surface area contributed by atoms with Crippen molar-refractivity contribution in [3.8, 4) is 11.8 Å². The average Bonchev–Trinajstić information content (AvgIpc) is 3.15. The maximum Gasteiger partial charge on any atom is 0.337 e. The first-order valence-electron chi connectivity index (χ1n) is 8.75. The Balaban J connectivity index is 1.70. The van der Waals surface area contributed by atoms with Crippen LogP contribution < -0.4 is 9.64 Å². The summed E-state index contributed by atoms with van der Waals surface area (Å²) in [5.41, 5.74) is 0.611. The number of rotatable bonds is 5. The minimum Gasteiger partial charge on any atom is -0.490 e. The summed E-state index contributed by atoms with van der Waals surface area (Å²) < 4.78 is 10.2. The van der Waals surface area contributed by atoms with Crippen LogP contribution in [0.3, 0.4) is 0 Å². The summed E-state index contributed by atoms with van der Waals surface area (Å²) in [6, 6.07) is 13.5. The third-order valence-electron chi connectivity index (χ3n) is 4.65. The van der Waals surface area contributed by atoms with Crippen molar-refractivity contribution in [2.45, 2.75) is 18.9 Å². The summed E-state index contributed by atoms with van der Waals surface area (Å²) in [6.07, 6.45) is 0.566. The lowest BCUT2D eigenvalue weighted by Gasteiger charge is -2.28. The van der Waals surface area contributed by atoms with Gasteiger partial charge in [-0.25, -0.2) is 4.79 Å². The minimum atomic E-state index is -1.76. The van der Waals surface area contributed by atoms with Crippen molar-refractivity contribution in [3.63, 3.8) is 0 Å². The Morgan fingerprint density at radius 3 is 2.61 bits per heavy atom. The lowest BCUT2D eigenvalue weighted by Crippen LogP contribution is -2.50. The predicted molar refractivity (Wildman–Crippen MR) is 101 cm³/mol. The fourth-order valence-electron chi connectivity index (χ4n) is 3.13. The predicted octanol–water partition coefficient (Wildman–Crippen LogP) is 2.06. The molecule has 7 heteroatoms. The minimum absolute atomic E-state index is 0.257. The van der Waals surface area contributed by atoms with Gasteiger partial charge < -0.3 is 19.5 Å². The van der Waals surface area contributed by atoms with Crippen molar-refractivity contribution >= 4 is 17.6 Å². The van der Waals surface area contributed by atoms with Crippen LogP contribution in [0.5, 0.6) is 5.75 Å². The highest BCUT2D eigenvalue weighted by atomic mass is 16.5. The number of ether oxygens (including phenoxy) is 2. The number of hydrogen-bond acceptors (Lipinski definition) is 6. The molecule has 0 bridgehead atoms. The van der Waals surface area contributed by atoms with E-state index in [9.17, 15) is 20.0 Å². The van der Waals surface area contributed by atoms with Gasteiger partial charge in [0.2, 0.25) is 0 Å². The molecule has 1 heterocycles. The molecule has 2 aromatic carbocycles. The molecule has 0 unspecified atom stereocenters. The quantitative estimate of drug-likeness (QED) is 0.797. The van der Waals surface area contributed by atoms with Crippen molar-refractivity contribution < 1.29 is 24.2 Å². The Labute approximate surface area is 162 Å². The van der Waals surface area contributed by atoms with Crippen LogP contribution in [-0.2, 0) is 16.0 Å². The first kappa shape index (κ1) is 19.4. The van der Waals surface area contributed by atoms with E-state index in [1.807, 2.05) is 0 Å². The van der Waals surface area contributed by atoms with E-state index in [0.29, 0.717) is 35.5 Å². The third-order valence-corrected chi connectivity index (χ3v) is 4.65. The zero-order chi connectivity index (χ0) is 20.3. The van der Waals surface area contributed by atoms with E-state index >= 15 is 0 Å². The maximum absolute atomic E-state index is 12.9. The Hall–Kier alpha value is -3.37. The summed E-state index contributed by atoms with van der Waals surface area (Å²) in [4.78, 5) is 25.8. The monoisotopic (exact) mass is 380 g/mol. The highest BCUT2D eigenvalue weighted by molar-refractivity contribution is 6.01. The molecule has 144 valence electrons. The van der Waals surface area contributed by atoms with E-state index < -0.39 is 17.5 Å². The number of hydrogen-bond donors (Lipinski definition) is 1. The van der Waals surface area contributed by atoms with Crippen molar-refractivity contribution in [1.82, 2.24) is 0 Å². The number of esters is 1. The Morgan fingerprint density at radius 1 is 1.25 bits per heavy atom. The van der Waals surface area contributed by atoms with Crippen molar-refractivity contribution in [2.24, 2.45) is 0 Å². The smallest absolute Gasteiger partial charge is 0.337 e. The van der Waals surface area contributed by atoms with E-state index in [0.717, 1.165) is 5.56 Å². The third kappa shape index (κ3) is 3.68. The van der Waals surface area contributed by atoms with E-state index in [1.165, 1.54) is 31.1 Å². The second kappa shape index (κ2) is 7.71. The number of aliphatic hydroxyl groups is 1. The molecule has 0 aromatic heterocycles. The summed E-state index contributed by atoms with van der Waals surface area (Å²) in [5, 5.41) is 19.9. The summed E-state index contributed by atoms with van der Waals surface area (Å²) >= 11 is 0. The van der Waals surface area contributed by atoms with Gasteiger partial charge in [-0.05, 0) is 55.3 Å². The molecule has 3 rings (SSSR count). The molecule has 1 amide bonds. The molecule has 28 heavy (non-hydrogen) atoms. The van der Waals surface area contributed by atoms with Gasteiger partial charge in [-0.1, -0.05) is 6.07 Å². The Bertz CT molecular complexity index is 944. The van der Waals surface area contributed by atoms with Gasteiger partial charge in [0.15, 0.2) is 5.60 Å². The van der Waals surface area contributed by atoms with Crippen LogP contribution in [0.2, 0.25) is 0 Å². The highest BCUT2D eigenvalue weighted by Gasteiger charge is 2.39. The standard InChI is InChI=1S/C21H20N2O5/c1-21(26,13-28-16-8-6-14(7-9-16)19(24)27-2)20(25)23-11-10-17-15(12-22)4-3-5-18(17)23/h3-9,26H,10-11,13H2,1-2H3/t21-/m0/s1. The van der Waals surface area contributed by atoms with Crippen LogP contribution in [0.25, 0.3) is 0 Å². The first-order valence-corrected chi connectivity index (χ1v) is 8.75. The van der Waals surface area contributed by atoms with E-state index in [-0.39, 0.29) is 6.61 Å². The molecule has 0 spiro atoms. The normalized spacial score (nSPS) is 14.6. The number of anilines is 1. The molecule has 1 aliphatic rings. The topological polar surface area (TPSA) is 99.9 Å². The lowest BCUT2D eigenvalue weighted by atomic mass is 10.0. The zero-order valence-corrected chi connectivity index (χ0v) is 15.6. The number of benzene rings is 2. The maximum atomic E-state index is 12.9. The first-order chi connectivity index (χ1) is 13.4. The Kier molecular flexibility index (Phi) is 5.34. The van der Waals surface area contributed by atoms with Crippen LogP contribution in [0, 0.1) is 11.3 Å². The van der Waals surface area contributed by atoms with Gasteiger partial charge in [-0.3, -0.25) is 4.79 Å². The van der Waals surface area contributed by atoms with Gasteiger partial charge >= 0.3 is 5.97 Å². The summed E-state index contributed by atoms with van der Waals surface area (Å²) in [5.74, 6) is -0.542. The molecule has 1 aliphatic heterocycles. The van der Waals surface area contributed by atoms with Crippen molar-refractivity contribution in [2.75, 3.05) is 25.2 Å². The molecule has 0 aliphatic carbocycles. The van der Waals surface area contributed by atoms with Crippen LogP contribution in [0.4, 0.5) is 5.69 Å². The summed E-state index contributed by atoms with van der Waals surface area (Å²) in [6.45, 7) is 1.54. The van der Waals surface area contributed by atoms with E-state index in [4.69, 9.17) is 4.74 Å². The van der Waals surface area contributed by atoms with E-state index in [1.54, 1.807) is 30.3 Å². The second-order valence-corrected chi connectivity index (χ2v) is 6.70. The molecule has 1 N–H and O–H groups in total. The van der Waals surface area contributed by atoms with Crippen LogP contribution >= 0.6 is 0 Å². The number of carbonyl (C=O) groups excluding carboxylic acids is 2. The lowest BCUT2D eigenvalue weighted by molar-refractivity contribution is -0.137. The SMILES string of the molecule is COC(=O)c1ccc(OC[C@](C)(O)C(=O)N2CCc3c(C#N)cccc32)cc1. The van der Waals surface area contributed by atoms with Crippen LogP contribution in [-0.4, -0.2) is 42.8 Å². The van der Waals surface area contributed by atoms with Gasteiger partial charge in [0.25, 0.3) is 5.91 Å². The largest absolute Gasteiger partial charge is 0.490 e. The number of carbonyl (C=O) groups is 2. The number of nitriles is 1. The molecule has 0 fully saturated rings. The highest BCUT2D eigenvalue weighted by Crippen LogP contribution is 2.32. The van der Waals surface area contributed by atoms with Gasteiger partial charge in [-0.15, -0.1) is 0 Å². The molecule has 0 saturated heterocycles. The molecule has 0 saturated carbocycles. The van der Waals surface area contributed by atoms with Crippen LogP contribution in [0.1, 0.15) is 28.4 Å². The fourth-order valence-corrected chi connectivity index (χ4v) is 3.13. The number of methoxy groups -OCH3 is 1. The fraction of sp³-hybridized carbons (Fsp3) is 0.286. The molecular formula is C21H20N2O5. The molecule has 1 atom stereocenters. The van der Waals surface area contributed by atoms with Crippen molar-refractivity contribution in [3.05, 3.63) is 59.2 Å². The van der Waals surface area contributed by atoms with Gasteiger partial charge in [-0.2, -0.15) is 5.26 Å². The molecular weight excluding hydrogens is 360 g/mol. The summed E-state index contributed by atoms with van der Waals surface area (Å²) in [7, 11) is 1.30. The number of amides is 1.